The zero-order chi connectivity index (χ0) is 29.7. The van der Waals surface area contributed by atoms with Gasteiger partial charge in [-0.2, -0.15) is 0 Å². The molecule has 5 rings (SSSR count). The molecular weight excluding hydrogens is 570 g/mol. The first-order valence-electron chi connectivity index (χ1n) is 15.3. The van der Waals surface area contributed by atoms with Gasteiger partial charge in [0, 0.05) is 32.6 Å². The van der Waals surface area contributed by atoms with E-state index in [0.29, 0.717) is 51.0 Å². The van der Waals surface area contributed by atoms with Crippen molar-refractivity contribution in [3.8, 4) is 5.75 Å². The Balaban J connectivity index is 0.00000423. The molecule has 2 heterocycles. The van der Waals surface area contributed by atoms with Crippen LogP contribution >= 0.6 is 12.4 Å². The first-order chi connectivity index (χ1) is 20.2. The van der Waals surface area contributed by atoms with E-state index in [1.54, 1.807) is 12.1 Å². The minimum atomic E-state index is -0.964. The molecule has 3 aliphatic rings. The largest absolute Gasteiger partial charge is 0.489 e. The lowest BCUT2D eigenvalue weighted by Crippen LogP contribution is -2.73. The van der Waals surface area contributed by atoms with E-state index in [1.807, 2.05) is 17.0 Å². The number of carbonyl (C=O) groups excluding carboxylic acids is 2. The standard InChI is InChI=1S/C33H43N3O6.ClH/c1-2-3-18-36-29(37)28(21-32(41)14-4-5-15-32)34-31(40)33(36)16-19-35(20-17-33)22-24-6-8-25(9-7-24)23-42-27-12-10-26(11-13-27)30(38)39;/h6-13,28,41H,2-5,14-23H2,1H3,(H,34,40)(H,38,39);1H/t28-;/m1./s1. The van der Waals surface area contributed by atoms with E-state index in [0.717, 1.165) is 56.4 Å². The summed E-state index contributed by atoms with van der Waals surface area (Å²) in [5, 5.41) is 23.0. The molecule has 10 heteroatoms. The van der Waals surface area contributed by atoms with Gasteiger partial charge in [0.1, 0.15) is 23.9 Å². The van der Waals surface area contributed by atoms with Crippen LogP contribution in [0.4, 0.5) is 0 Å². The fraction of sp³-hybridized carbons (Fsp3) is 0.545. The number of nitrogens with one attached hydrogen (secondary N) is 1. The number of likely N-dealkylation sites (tertiary alicyclic amines) is 1. The molecule has 0 bridgehead atoms. The fourth-order valence-electron chi connectivity index (χ4n) is 6.71. The van der Waals surface area contributed by atoms with E-state index in [4.69, 9.17) is 9.84 Å². The lowest BCUT2D eigenvalue weighted by molar-refractivity contribution is -0.163. The number of ether oxygens (including phenoxy) is 1. The number of piperazine rings is 1. The maximum absolute atomic E-state index is 13.7. The molecule has 2 aliphatic heterocycles. The third kappa shape index (κ3) is 7.51. The zero-order valence-electron chi connectivity index (χ0n) is 24.9. The van der Waals surface area contributed by atoms with Gasteiger partial charge < -0.3 is 25.2 Å². The zero-order valence-corrected chi connectivity index (χ0v) is 25.7. The summed E-state index contributed by atoms with van der Waals surface area (Å²) in [5.41, 5.74) is 0.730. The van der Waals surface area contributed by atoms with Crippen LogP contribution < -0.4 is 10.1 Å². The lowest BCUT2D eigenvalue weighted by atomic mass is 9.80. The molecular formula is C33H44ClN3O6. The molecule has 0 aromatic heterocycles. The van der Waals surface area contributed by atoms with Crippen LogP contribution in [-0.2, 0) is 22.7 Å². The smallest absolute Gasteiger partial charge is 0.335 e. The summed E-state index contributed by atoms with van der Waals surface area (Å²) < 4.78 is 5.80. The maximum Gasteiger partial charge on any atom is 0.335 e. The third-order valence-corrected chi connectivity index (χ3v) is 9.28. The van der Waals surface area contributed by atoms with Crippen molar-refractivity contribution < 1.29 is 29.3 Å². The Hall–Kier alpha value is -3.14. The first kappa shape index (κ1) is 32.8. The van der Waals surface area contributed by atoms with Crippen molar-refractivity contribution in [1.29, 1.82) is 0 Å². The second-order valence-electron chi connectivity index (χ2n) is 12.2. The van der Waals surface area contributed by atoms with E-state index < -0.39 is 23.2 Å². The molecule has 1 aliphatic carbocycles. The van der Waals surface area contributed by atoms with Gasteiger partial charge in [0.15, 0.2) is 0 Å². The summed E-state index contributed by atoms with van der Waals surface area (Å²) in [6.45, 7) is 5.25. The number of amides is 2. The second-order valence-corrected chi connectivity index (χ2v) is 12.2. The number of halogens is 1. The van der Waals surface area contributed by atoms with E-state index in [2.05, 4.69) is 29.3 Å². The summed E-state index contributed by atoms with van der Waals surface area (Å²) >= 11 is 0. The highest BCUT2D eigenvalue weighted by molar-refractivity contribution is 6.00. The summed E-state index contributed by atoms with van der Waals surface area (Å²) in [4.78, 5) is 42.6. The molecule has 3 fully saturated rings. The fourth-order valence-corrected chi connectivity index (χ4v) is 6.71. The highest BCUT2D eigenvalue weighted by Crippen LogP contribution is 2.38. The molecule has 2 aromatic carbocycles. The van der Waals surface area contributed by atoms with Gasteiger partial charge in [-0.15, -0.1) is 12.4 Å². The predicted molar refractivity (Wildman–Crippen MR) is 165 cm³/mol. The molecule has 1 saturated carbocycles. The Morgan fingerprint density at radius 3 is 2.21 bits per heavy atom. The van der Waals surface area contributed by atoms with Crippen LogP contribution in [0.15, 0.2) is 48.5 Å². The summed E-state index contributed by atoms with van der Waals surface area (Å²) in [5.74, 6) is -0.446. The summed E-state index contributed by atoms with van der Waals surface area (Å²) in [6, 6.07) is 13.9. The number of rotatable bonds is 11. The van der Waals surface area contributed by atoms with Gasteiger partial charge in [0.2, 0.25) is 11.8 Å². The Morgan fingerprint density at radius 1 is 0.977 bits per heavy atom. The lowest BCUT2D eigenvalue weighted by Gasteiger charge is -2.52. The van der Waals surface area contributed by atoms with Gasteiger partial charge in [0.25, 0.3) is 0 Å². The molecule has 2 saturated heterocycles. The van der Waals surface area contributed by atoms with Crippen LogP contribution in [0.1, 0.15) is 86.2 Å². The van der Waals surface area contributed by atoms with E-state index in [-0.39, 0.29) is 29.8 Å². The topological polar surface area (TPSA) is 119 Å². The third-order valence-electron chi connectivity index (χ3n) is 9.28. The SMILES string of the molecule is CCCCN1C(=O)[C@@H](CC2(O)CCCC2)NC(=O)C12CCN(Cc1ccc(COc3ccc(C(=O)O)cc3)cc1)CC2.Cl. The average molecular weight is 614 g/mol. The number of nitrogens with zero attached hydrogens (tertiary/aromatic N) is 2. The Kier molecular flexibility index (Phi) is 10.7. The van der Waals surface area contributed by atoms with Crippen LogP contribution in [0.2, 0.25) is 0 Å². The van der Waals surface area contributed by atoms with Gasteiger partial charge in [-0.05, 0) is 67.5 Å². The molecule has 2 amide bonds. The maximum atomic E-state index is 13.7. The highest BCUT2D eigenvalue weighted by Gasteiger charge is 2.54. The average Bonchev–Trinajstić information content (AvgIpc) is 3.42. The molecule has 1 atom stereocenters. The van der Waals surface area contributed by atoms with E-state index >= 15 is 0 Å². The van der Waals surface area contributed by atoms with Crippen molar-refractivity contribution in [2.24, 2.45) is 0 Å². The van der Waals surface area contributed by atoms with Gasteiger partial charge in [0.05, 0.1) is 11.2 Å². The second kappa shape index (κ2) is 14.1. The number of hydrogen-bond acceptors (Lipinski definition) is 6. The summed E-state index contributed by atoms with van der Waals surface area (Å²) in [7, 11) is 0. The van der Waals surface area contributed by atoms with Crippen LogP contribution in [0.25, 0.3) is 0 Å². The Labute approximate surface area is 260 Å². The Bertz CT molecular complexity index is 1250. The minimum absolute atomic E-state index is 0. The molecule has 1 spiro atoms. The van der Waals surface area contributed by atoms with Crippen molar-refractivity contribution in [2.45, 2.75) is 95.0 Å². The van der Waals surface area contributed by atoms with E-state index in [9.17, 15) is 19.5 Å². The number of benzene rings is 2. The molecule has 0 radical (unpaired) electrons. The molecule has 234 valence electrons. The van der Waals surface area contributed by atoms with Crippen molar-refractivity contribution in [1.82, 2.24) is 15.1 Å². The molecule has 43 heavy (non-hydrogen) atoms. The van der Waals surface area contributed by atoms with Crippen LogP contribution in [0.5, 0.6) is 5.75 Å². The number of carboxylic acid groups (broad SMARTS) is 1. The number of aliphatic hydroxyl groups is 1. The number of unbranched alkanes of at least 4 members (excludes halogenated alkanes) is 1. The normalized spacial score (nSPS) is 21.3. The molecule has 3 N–H and O–H groups in total. The summed E-state index contributed by atoms with van der Waals surface area (Å²) in [6.07, 6.45) is 6.61. The van der Waals surface area contributed by atoms with Gasteiger partial charge >= 0.3 is 5.97 Å². The van der Waals surface area contributed by atoms with Crippen molar-refractivity contribution in [3.05, 3.63) is 65.2 Å². The van der Waals surface area contributed by atoms with Gasteiger partial charge in [-0.1, -0.05) is 50.5 Å². The van der Waals surface area contributed by atoms with Crippen LogP contribution in [-0.4, -0.2) is 74.6 Å². The van der Waals surface area contributed by atoms with Crippen LogP contribution in [0, 0.1) is 0 Å². The Morgan fingerprint density at radius 2 is 1.60 bits per heavy atom. The van der Waals surface area contributed by atoms with Crippen molar-refractivity contribution >= 4 is 30.2 Å². The predicted octanol–water partition coefficient (Wildman–Crippen LogP) is 4.54. The first-order valence-corrected chi connectivity index (χ1v) is 15.3. The monoisotopic (exact) mass is 613 g/mol. The molecule has 9 nitrogen and oxygen atoms in total. The molecule has 2 aromatic rings. The van der Waals surface area contributed by atoms with Crippen LogP contribution in [0.3, 0.4) is 0 Å². The number of carbonyl (C=O) groups is 3. The number of piperidine rings is 1. The van der Waals surface area contributed by atoms with Crippen molar-refractivity contribution in [2.75, 3.05) is 19.6 Å². The number of carboxylic acids is 1. The van der Waals surface area contributed by atoms with Crippen molar-refractivity contribution in [3.63, 3.8) is 0 Å². The van der Waals surface area contributed by atoms with Gasteiger partial charge in [-0.25, -0.2) is 4.79 Å². The van der Waals surface area contributed by atoms with E-state index in [1.165, 1.54) is 12.1 Å². The highest BCUT2D eigenvalue weighted by atomic mass is 35.5. The minimum Gasteiger partial charge on any atom is -0.489 e. The number of hydrogen-bond donors (Lipinski definition) is 3. The molecule has 0 unspecified atom stereocenters. The van der Waals surface area contributed by atoms with Gasteiger partial charge in [-0.3, -0.25) is 14.5 Å². The number of aromatic carboxylic acids is 1. The quantitative estimate of drug-likeness (QED) is 0.340.